The average Bonchev–Trinajstić information content (AvgIpc) is 2.44. The lowest BCUT2D eigenvalue weighted by atomic mass is 10.00. The van der Waals surface area contributed by atoms with Gasteiger partial charge in [0.15, 0.2) is 0 Å². The van der Waals surface area contributed by atoms with Crippen LogP contribution in [-0.2, 0) is 11.2 Å². The van der Waals surface area contributed by atoms with E-state index in [9.17, 15) is 4.79 Å². The zero-order valence-electron chi connectivity index (χ0n) is 11.1. The Bertz CT molecular complexity index is 417. The van der Waals surface area contributed by atoms with Gasteiger partial charge in [-0.3, -0.25) is 4.79 Å². The second-order valence-electron chi connectivity index (χ2n) is 4.90. The molecule has 6 heteroatoms. The van der Waals surface area contributed by atoms with Gasteiger partial charge in [0.05, 0.1) is 6.54 Å². The maximum absolute atomic E-state index is 10.7. The Balaban J connectivity index is 1.82. The van der Waals surface area contributed by atoms with Crippen LogP contribution < -0.4 is 16.4 Å². The summed E-state index contributed by atoms with van der Waals surface area (Å²) in [7, 11) is 0. The molecule has 1 amide bonds. The van der Waals surface area contributed by atoms with Crippen molar-refractivity contribution in [3.63, 3.8) is 0 Å². The minimum atomic E-state index is -0.397. The molecule has 1 saturated heterocycles. The first-order valence-electron chi connectivity index (χ1n) is 6.80. The summed E-state index contributed by atoms with van der Waals surface area (Å²) in [6, 6.07) is 2.48. The summed E-state index contributed by atoms with van der Waals surface area (Å²) in [6.07, 6.45) is 7.38. The predicted octanol–water partition coefficient (Wildman–Crippen LogP) is 0.448. The summed E-state index contributed by atoms with van der Waals surface area (Å²) < 4.78 is 0. The van der Waals surface area contributed by atoms with Gasteiger partial charge in [0.2, 0.25) is 5.91 Å². The number of carbonyl (C=O) groups is 1. The second-order valence-corrected chi connectivity index (χ2v) is 4.90. The molecule has 4 N–H and O–H groups in total. The van der Waals surface area contributed by atoms with E-state index in [1.165, 1.54) is 25.6 Å². The molecule has 1 fully saturated rings. The van der Waals surface area contributed by atoms with E-state index in [1.807, 2.05) is 6.07 Å². The van der Waals surface area contributed by atoms with E-state index in [0.717, 1.165) is 25.1 Å². The van der Waals surface area contributed by atoms with Crippen LogP contribution in [-0.4, -0.2) is 35.0 Å². The Morgan fingerprint density at radius 1 is 1.47 bits per heavy atom. The Morgan fingerprint density at radius 2 is 2.37 bits per heavy atom. The van der Waals surface area contributed by atoms with E-state index in [1.54, 1.807) is 0 Å². The molecule has 0 aliphatic carbocycles. The molecular weight excluding hydrogens is 242 g/mol. The van der Waals surface area contributed by atoms with Gasteiger partial charge in [-0.25, -0.2) is 9.97 Å². The van der Waals surface area contributed by atoms with Crippen LogP contribution in [0.25, 0.3) is 0 Å². The first-order chi connectivity index (χ1) is 9.24. The fourth-order valence-corrected chi connectivity index (χ4v) is 2.30. The predicted molar refractivity (Wildman–Crippen MR) is 73.7 cm³/mol. The van der Waals surface area contributed by atoms with Crippen molar-refractivity contribution in [2.24, 2.45) is 5.73 Å². The summed E-state index contributed by atoms with van der Waals surface area (Å²) in [6.45, 7) is 1.22. The number of rotatable bonds is 6. The number of nitrogens with zero attached hydrogens (tertiary/aromatic N) is 2. The molecule has 1 atom stereocenters. The van der Waals surface area contributed by atoms with E-state index < -0.39 is 5.91 Å². The van der Waals surface area contributed by atoms with E-state index in [2.05, 4.69) is 20.6 Å². The van der Waals surface area contributed by atoms with Gasteiger partial charge in [-0.1, -0.05) is 6.42 Å². The lowest BCUT2D eigenvalue weighted by molar-refractivity contribution is -0.116. The molecule has 1 aliphatic rings. The highest BCUT2D eigenvalue weighted by Gasteiger charge is 2.12. The molecule has 0 bridgehead atoms. The number of aryl methyl sites for hydroxylation is 1. The van der Waals surface area contributed by atoms with Crippen LogP contribution in [0.2, 0.25) is 0 Å². The molecule has 0 radical (unpaired) electrons. The van der Waals surface area contributed by atoms with Crippen molar-refractivity contribution >= 4 is 11.7 Å². The van der Waals surface area contributed by atoms with Gasteiger partial charge < -0.3 is 16.4 Å². The number of amides is 1. The lowest BCUT2D eigenvalue weighted by Gasteiger charge is -2.23. The summed E-state index contributed by atoms with van der Waals surface area (Å²) >= 11 is 0. The summed E-state index contributed by atoms with van der Waals surface area (Å²) in [5, 5.41) is 6.40. The third-order valence-corrected chi connectivity index (χ3v) is 3.33. The highest BCUT2D eigenvalue weighted by Crippen LogP contribution is 2.13. The number of hydrogen-bond donors (Lipinski definition) is 3. The molecule has 104 valence electrons. The van der Waals surface area contributed by atoms with Crippen LogP contribution in [0.1, 0.15) is 31.4 Å². The Hall–Kier alpha value is -1.69. The zero-order valence-corrected chi connectivity index (χ0v) is 11.1. The van der Waals surface area contributed by atoms with Gasteiger partial charge in [0, 0.05) is 17.8 Å². The van der Waals surface area contributed by atoms with Crippen molar-refractivity contribution < 1.29 is 4.79 Å². The topological polar surface area (TPSA) is 92.9 Å². The maximum atomic E-state index is 10.7. The molecule has 2 rings (SSSR count). The molecule has 6 nitrogen and oxygen atoms in total. The van der Waals surface area contributed by atoms with E-state index in [0.29, 0.717) is 11.9 Å². The molecule has 1 aliphatic heterocycles. The highest BCUT2D eigenvalue weighted by atomic mass is 16.1. The second kappa shape index (κ2) is 7.04. The maximum Gasteiger partial charge on any atom is 0.236 e. The van der Waals surface area contributed by atoms with Crippen molar-refractivity contribution in [2.75, 3.05) is 18.4 Å². The number of carbonyl (C=O) groups excluding carboxylic acids is 1. The van der Waals surface area contributed by atoms with Crippen molar-refractivity contribution in [1.82, 2.24) is 15.3 Å². The third kappa shape index (κ3) is 4.82. The third-order valence-electron chi connectivity index (χ3n) is 3.33. The van der Waals surface area contributed by atoms with Crippen LogP contribution in [0, 0.1) is 0 Å². The lowest BCUT2D eigenvalue weighted by Crippen LogP contribution is -2.34. The molecule has 2 heterocycles. The highest BCUT2D eigenvalue weighted by molar-refractivity contribution is 5.78. The van der Waals surface area contributed by atoms with Crippen molar-refractivity contribution in [3.8, 4) is 0 Å². The summed E-state index contributed by atoms with van der Waals surface area (Å²) in [5.74, 6) is 0.256. The van der Waals surface area contributed by atoms with Gasteiger partial charge in [0.1, 0.15) is 12.1 Å². The Labute approximate surface area is 113 Å². The summed E-state index contributed by atoms with van der Waals surface area (Å²) in [4.78, 5) is 19.0. The minimum Gasteiger partial charge on any atom is -0.368 e. The fraction of sp³-hybridized carbons (Fsp3) is 0.615. The number of aromatic nitrogens is 2. The number of anilines is 1. The standard InChI is InChI=1S/C13H21N5O/c14-12(19)8-16-13-7-11(17-9-18-13)5-4-10-3-1-2-6-15-10/h7,9-10,15H,1-6,8H2,(H2,14,19)(H,16,17,18). The Morgan fingerprint density at radius 3 is 3.11 bits per heavy atom. The number of hydrogen-bond acceptors (Lipinski definition) is 5. The number of nitrogens with two attached hydrogens (primary N) is 1. The monoisotopic (exact) mass is 263 g/mol. The first kappa shape index (κ1) is 13.7. The van der Waals surface area contributed by atoms with Crippen molar-refractivity contribution in [3.05, 3.63) is 18.1 Å². The van der Waals surface area contributed by atoms with Crippen LogP contribution in [0.4, 0.5) is 5.82 Å². The molecule has 1 aromatic rings. The molecule has 1 aromatic heterocycles. The fourth-order valence-electron chi connectivity index (χ4n) is 2.30. The SMILES string of the molecule is NC(=O)CNc1cc(CCC2CCCCN2)ncn1. The van der Waals surface area contributed by atoms with Crippen LogP contribution >= 0.6 is 0 Å². The molecule has 0 saturated carbocycles. The normalized spacial score (nSPS) is 19.1. The van der Waals surface area contributed by atoms with Gasteiger partial charge >= 0.3 is 0 Å². The van der Waals surface area contributed by atoms with Crippen LogP contribution in [0.15, 0.2) is 12.4 Å². The number of piperidine rings is 1. The van der Waals surface area contributed by atoms with Gasteiger partial charge in [-0.15, -0.1) is 0 Å². The van der Waals surface area contributed by atoms with Crippen LogP contribution in [0.5, 0.6) is 0 Å². The largest absolute Gasteiger partial charge is 0.368 e. The van der Waals surface area contributed by atoms with Gasteiger partial charge in [-0.2, -0.15) is 0 Å². The van der Waals surface area contributed by atoms with Crippen molar-refractivity contribution in [2.45, 2.75) is 38.1 Å². The quantitative estimate of drug-likeness (QED) is 0.693. The number of primary amides is 1. The zero-order chi connectivity index (χ0) is 13.5. The smallest absolute Gasteiger partial charge is 0.236 e. The molecule has 0 aromatic carbocycles. The van der Waals surface area contributed by atoms with Gasteiger partial charge in [0.25, 0.3) is 0 Å². The van der Waals surface area contributed by atoms with Crippen molar-refractivity contribution in [1.29, 1.82) is 0 Å². The van der Waals surface area contributed by atoms with E-state index in [4.69, 9.17) is 5.73 Å². The minimum absolute atomic E-state index is 0.0979. The first-order valence-corrected chi connectivity index (χ1v) is 6.80. The number of nitrogens with one attached hydrogen (secondary N) is 2. The molecule has 19 heavy (non-hydrogen) atoms. The molecule has 1 unspecified atom stereocenters. The molecule has 0 spiro atoms. The summed E-state index contributed by atoms with van der Waals surface area (Å²) in [5.41, 5.74) is 6.08. The molecular formula is C13H21N5O. The average molecular weight is 263 g/mol. The van der Waals surface area contributed by atoms with E-state index >= 15 is 0 Å². The Kier molecular flexibility index (Phi) is 5.09. The van der Waals surface area contributed by atoms with Gasteiger partial charge in [-0.05, 0) is 32.2 Å². The van der Waals surface area contributed by atoms with E-state index in [-0.39, 0.29) is 6.54 Å². The van der Waals surface area contributed by atoms with Crippen LogP contribution in [0.3, 0.4) is 0 Å².